The summed E-state index contributed by atoms with van der Waals surface area (Å²) in [6, 6.07) is 11.8. The van der Waals surface area contributed by atoms with Crippen LogP contribution in [0.4, 0.5) is 14.5 Å². The number of benzene rings is 2. The molecule has 0 atom stereocenters. The lowest BCUT2D eigenvalue weighted by molar-refractivity contribution is 0.103. The van der Waals surface area contributed by atoms with Gasteiger partial charge in [0.15, 0.2) is 11.6 Å². The molecule has 2 aromatic carbocycles. The zero-order valence-corrected chi connectivity index (χ0v) is 15.2. The van der Waals surface area contributed by atoms with Gasteiger partial charge in [0, 0.05) is 16.2 Å². The Hall–Kier alpha value is -2.25. The lowest BCUT2D eigenvalue weighted by Crippen LogP contribution is -2.11. The van der Waals surface area contributed by atoms with Crippen molar-refractivity contribution in [3.05, 3.63) is 80.5 Å². The molecule has 1 heterocycles. The predicted octanol–water partition coefficient (Wildman–Crippen LogP) is 5.62. The Morgan fingerprint density at radius 1 is 1.16 bits per heavy atom. The average molecular weight is 424 g/mol. The van der Waals surface area contributed by atoms with Gasteiger partial charge in [-0.2, -0.15) is 0 Å². The first-order chi connectivity index (χ1) is 12.0. The third-order valence-electron chi connectivity index (χ3n) is 3.30. The van der Waals surface area contributed by atoms with Gasteiger partial charge in [-0.15, -0.1) is 11.3 Å². The zero-order valence-electron chi connectivity index (χ0n) is 12.8. The lowest BCUT2D eigenvalue weighted by Gasteiger charge is -2.10. The Bertz CT molecular complexity index is 914. The molecule has 1 amide bonds. The number of carbonyl (C=O) groups excluding carboxylic acids is 1. The number of ether oxygens (including phenoxy) is 1. The van der Waals surface area contributed by atoms with Gasteiger partial charge in [0.25, 0.3) is 5.91 Å². The Morgan fingerprint density at radius 3 is 2.68 bits per heavy atom. The summed E-state index contributed by atoms with van der Waals surface area (Å²) < 4.78 is 33.3. The van der Waals surface area contributed by atoms with Crippen molar-refractivity contribution in [2.45, 2.75) is 6.61 Å². The Morgan fingerprint density at radius 2 is 2.00 bits per heavy atom. The van der Waals surface area contributed by atoms with Crippen LogP contribution in [0.1, 0.15) is 15.2 Å². The Labute approximate surface area is 155 Å². The van der Waals surface area contributed by atoms with Crippen LogP contribution >= 0.6 is 27.3 Å². The molecule has 0 unspecified atom stereocenters. The minimum Gasteiger partial charge on any atom is -0.486 e. The predicted molar refractivity (Wildman–Crippen MR) is 97.1 cm³/mol. The summed E-state index contributed by atoms with van der Waals surface area (Å²) in [7, 11) is 0. The number of halogens is 3. The molecule has 25 heavy (non-hydrogen) atoms. The maximum atomic E-state index is 14.1. The van der Waals surface area contributed by atoms with Crippen molar-refractivity contribution in [3.63, 3.8) is 0 Å². The molecule has 1 N–H and O–H groups in total. The van der Waals surface area contributed by atoms with E-state index in [-0.39, 0.29) is 24.1 Å². The molecular weight excluding hydrogens is 412 g/mol. The summed E-state index contributed by atoms with van der Waals surface area (Å²) in [4.78, 5) is 12.6. The van der Waals surface area contributed by atoms with Crippen LogP contribution in [0, 0.1) is 11.6 Å². The highest BCUT2D eigenvalue weighted by molar-refractivity contribution is 9.10. The second-order valence-corrected chi connectivity index (χ2v) is 6.89. The van der Waals surface area contributed by atoms with Crippen molar-refractivity contribution in [1.82, 2.24) is 0 Å². The quantitative estimate of drug-likeness (QED) is 0.578. The number of thiophene rings is 1. The van der Waals surface area contributed by atoms with E-state index < -0.39 is 5.82 Å². The highest BCUT2D eigenvalue weighted by Crippen LogP contribution is 2.26. The van der Waals surface area contributed by atoms with Gasteiger partial charge in [-0.3, -0.25) is 4.79 Å². The molecule has 3 nitrogen and oxygen atoms in total. The molecule has 1 aromatic heterocycles. The molecule has 0 aliphatic carbocycles. The number of nitrogens with one attached hydrogen (secondary N) is 1. The van der Waals surface area contributed by atoms with Crippen LogP contribution in [0.5, 0.6) is 5.75 Å². The van der Waals surface area contributed by atoms with Crippen LogP contribution in [-0.4, -0.2) is 5.91 Å². The van der Waals surface area contributed by atoms with Crippen LogP contribution in [0.2, 0.25) is 0 Å². The molecule has 0 aliphatic heterocycles. The fourth-order valence-electron chi connectivity index (χ4n) is 2.13. The van der Waals surface area contributed by atoms with Crippen molar-refractivity contribution in [2.24, 2.45) is 0 Å². The molecular formula is C18H12BrF2NO2S. The van der Waals surface area contributed by atoms with Gasteiger partial charge in [-0.05, 0) is 57.2 Å². The van der Waals surface area contributed by atoms with Crippen LogP contribution in [0.15, 0.2) is 58.4 Å². The van der Waals surface area contributed by atoms with E-state index in [4.69, 9.17) is 4.74 Å². The first-order valence-corrected chi connectivity index (χ1v) is 8.91. The van der Waals surface area contributed by atoms with Crippen molar-refractivity contribution in [3.8, 4) is 5.75 Å². The fraction of sp³-hybridized carbons (Fsp3) is 0.0556. The molecule has 0 bridgehead atoms. The smallest absolute Gasteiger partial charge is 0.266 e. The van der Waals surface area contributed by atoms with E-state index in [1.165, 1.54) is 35.6 Å². The normalized spacial score (nSPS) is 10.5. The molecule has 128 valence electrons. The second-order valence-electron chi connectivity index (χ2n) is 5.12. The van der Waals surface area contributed by atoms with E-state index in [2.05, 4.69) is 21.2 Å². The maximum absolute atomic E-state index is 14.1. The number of rotatable bonds is 5. The van der Waals surface area contributed by atoms with E-state index in [9.17, 15) is 13.6 Å². The molecule has 0 saturated carbocycles. The minimum absolute atomic E-state index is 0.0274. The van der Waals surface area contributed by atoms with Crippen LogP contribution in [-0.2, 0) is 6.61 Å². The summed E-state index contributed by atoms with van der Waals surface area (Å²) in [5.74, 6) is -1.28. The average Bonchev–Trinajstić information content (AvgIpc) is 3.00. The summed E-state index contributed by atoms with van der Waals surface area (Å²) in [6.07, 6.45) is 0. The number of amides is 1. The summed E-state index contributed by atoms with van der Waals surface area (Å²) >= 11 is 4.57. The molecule has 7 heteroatoms. The van der Waals surface area contributed by atoms with E-state index in [0.29, 0.717) is 20.6 Å². The fourth-order valence-corrected chi connectivity index (χ4v) is 3.57. The number of hydrogen-bond donors (Lipinski definition) is 1. The minimum atomic E-state index is -0.612. The molecule has 0 fully saturated rings. The third kappa shape index (κ3) is 4.43. The van der Waals surface area contributed by atoms with Gasteiger partial charge < -0.3 is 10.1 Å². The lowest BCUT2D eigenvalue weighted by atomic mass is 10.2. The summed E-state index contributed by atoms with van der Waals surface area (Å²) in [6.45, 7) is 0.0442. The van der Waals surface area contributed by atoms with Crippen LogP contribution in [0.25, 0.3) is 0 Å². The third-order valence-corrected chi connectivity index (χ3v) is 5.13. The highest BCUT2D eigenvalue weighted by atomic mass is 79.9. The Balaban J connectivity index is 1.66. The van der Waals surface area contributed by atoms with E-state index in [1.807, 2.05) is 0 Å². The van der Waals surface area contributed by atoms with Gasteiger partial charge >= 0.3 is 0 Å². The Kier molecular flexibility index (Phi) is 5.45. The molecule has 0 radical (unpaired) electrons. The van der Waals surface area contributed by atoms with E-state index >= 15 is 0 Å². The molecule has 3 aromatic rings. The first-order valence-electron chi connectivity index (χ1n) is 7.24. The molecule has 0 saturated heterocycles. The topological polar surface area (TPSA) is 38.3 Å². The van der Waals surface area contributed by atoms with Gasteiger partial charge in [-0.1, -0.05) is 12.1 Å². The number of hydrogen-bond acceptors (Lipinski definition) is 3. The van der Waals surface area contributed by atoms with Gasteiger partial charge in [0.1, 0.15) is 17.3 Å². The van der Waals surface area contributed by atoms with E-state index in [0.717, 1.165) is 0 Å². The molecule has 3 rings (SSSR count). The first kappa shape index (κ1) is 17.6. The van der Waals surface area contributed by atoms with Crippen molar-refractivity contribution in [1.29, 1.82) is 0 Å². The monoisotopic (exact) mass is 423 g/mol. The number of carbonyl (C=O) groups is 1. The van der Waals surface area contributed by atoms with E-state index in [1.54, 1.807) is 29.6 Å². The molecule has 0 spiro atoms. The maximum Gasteiger partial charge on any atom is 0.266 e. The highest BCUT2D eigenvalue weighted by Gasteiger charge is 2.13. The standard InChI is InChI=1S/C18H12BrF2NO2S/c19-14-6-7-25-17(14)18(23)22-13-4-5-16(15(21)9-13)24-10-11-2-1-3-12(20)8-11/h1-9H,10H2,(H,22,23). The second kappa shape index (κ2) is 7.76. The largest absolute Gasteiger partial charge is 0.486 e. The van der Waals surface area contributed by atoms with Crippen molar-refractivity contribution in [2.75, 3.05) is 5.32 Å². The van der Waals surface area contributed by atoms with Gasteiger partial charge in [0.2, 0.25) is 0 Å². The SMILES string of the molecule is O=C(Nc1ccc(OCc2cccc(F)c2)c(F)c1)c1sccc1Br. The van der Waals surface area contributed by atoms with Crippen LogP contribution in [0.3, 0.4) is 0 Å². The summed E-state index contributed by atoms with van der Waals surface area (Å²) in [5.41, 5.74) is 0.917. The zero-order chi connectivity index (χ0) is 17.8. The van der Waals surface area contributed by atoms with Gasteiger partial charge in [-0.25, -0.2) is 8.78 Å². The summed E-state index contributed by atoms with van der Waals surface area (Å²) in [5, 5.41) is 4.41. The van der Waals surface area contributed by atoms with Gasteiger partial charge in [0.05, 0.1) is 0 Å². The van der Waals surface area contributed by atoms with Crippen LogP contribution < -0.4 is 10.1 Å². The molecule has 0 aliphatic rings. The van der Waals surface area contributed by atoms with Crippen molar-refractivity contribution >= 4 is 38.9 Å². The number of anilines is 1. The van der Waals surface area contributed by atoms with Crippen molar-refractivity contribution < 1.29 is 18.3 Å².